The topological polar surface area (TPSA) is 43.4 Å². The number of esters is 1. The zero-order valence-corrected chi connectivity index (χ0v) is 8.40. The van der Waals surface area contributed by atoms with Crippen molar-refractivity contribution in [1.82, 2.24) is 0 Å². The number of ether oxygens (including phenoxy) is 1. The molecule has 2 aliphatic rings. The summed E-state index contributed by atoms with van der Waals surface area (Å²) in [5.74, 6) is -0.00722. The van der Waals surface area contributed by atoms with Crippen LogP contribution < -0.4 is 0 Å². The highest BCUT2D eigenvalue weighted by Gasteiger charge is 2.50. The zero-order valence-electron chi connectivity index (χ0n) is 8.40. The fraction of sp³-hybridized carbons (Fsp3) is 0.636. The molecule has 0 saturated heterocycles. The van der Waals surface area contributed by atoms with Gasteiger partial charge in [-0.05, 0) is 25.2 Å². The van der Waals surface area contributed by atoms with E-state index in [0.717, 1.165) is 6.42 Å². The fourth-order valence-corrected chi connectivity index (χ4v) is 2.83. The van der Waals surface area contributed by atoms with Crippen LogP contribution in [0.5, 0.6) is 0 Å². The van der Waals surface area contributed by atoms with Crippen molar-refractivity contribution in [2.24, 2.45) is 23.7 Å². The highest BCUT2D eigenvalue weighted by atomic mass is 16.5. The number of hydrogen-bond donors (Lipinski definition) is 0. The molecule has 0 aromatic carbocycles. The maximum Gasteiger partial charge on any atom is 0.310 e. The van der Waals surface area contributed by atoms with Gasteiger partial charge in [0.15, 0.2) is 0 Å². The average Bonchev–Trinajstić information content (AvgIpc) is 2.74. The van der Waals surface area contributed by atoms with E-state index in [1.165, 1.54) is 7.11 Å². The number of methoxy groups -OCH3 is 1. The Hall–Kier alpha value is -1.12. The van der Waals surface area contributed by atoms with Gasteiger partial charge >= 0.3 is 5.97 Å². The molecule has 0 aromatic heterocycles. The Morgan fingerprint density at radius 1 is 1.21 bits per heavy atom. The molecular weight excluding hydrogens is 180 g/mol. The van der Waals surface area contributed by atoms with Crippen LogP contribution in [-0.4, -0.2) is 18.9 Å². The Labute approximate surface area is 83.1 Å². The first kappa shape index (κ1) is 9.44. The van der Waals surface area contributed by atoms with Crippen molar-refractivity contribution in [3.05, 3.63) is 12.2 Å². The van der Waals surface area contributed by atoms with Gasteiger partial charge in [0.1, 0.15) is 5.78 Å². The molecule has 0 aliphatic heterocycles. The Bertz CT molecular complexity index is 306. The first-order chi connectivity index (χ1) is 6.65. The number of carbonyl (C=O) groups excluding carboxylic acids is 2. The molecule has 1 saturated carbocycles. The molecule has 4 atom stereocenters. The van der Waals surface area contributed by atoms with Crippen LogP contribution in [0.25, 0.3) is 0 Å². The van der Waals surface area contributed by atoms with Crippen molar-refractivity contribution in [1.29, 1.82) is 0 Å². The minimum atomic E-state index is -0.234. The molecule has 0 heterocycles. The van der Waals surface area contributed by atoms with E-state index < -0.39 is 0 Å². The van der Waals surface area contributed by atoms with Crippen molar-refractivity contribution >= 4 is 11.8 Å². The minimum absolute atomic E-state index is 0.109. The maximum atomic E-state index is 11.5. The SMILES string of the molecule is COC(=O)[C@H]1[C@H](C(C)=O)[C@@H]2C=C[C@H]1C2. The van der Waals surface area contributed by atoms with E-state index in [4.69, 9.17) is 4.74 Å². The molecule has 0 aromatic rings. The Kier molecular flexibility index (Phi) is 2.17. The smallest absolute Gasteiger partial charge is 0.310 e. The van der Waals surface area contributed by atoms with E-state index in [2.05, 4.69) is 6.08 Å². The van der Waals surface area contributed by atoms with E-state index in [1.54, 1.807) is 6.92 Å². The molecule has 2 rings (SSSR count). The average molecular weight is 194 g/mol. The molecule has 14 heavy (non-hydrogen) atoms. The number of allylic oxidation sites excluding steroid dienone is 2. The van der Waals surface area contributed by atoms with E-state index in [-0.39, 0.29) is 35.4 Å². The highest BCUT2D eigenvalue weighted by molar-refractivity contribution is 5.87. The van der Waals surface area contributed by atoms with Gasteiger partial charge in [0.05, 0.1) is 13.0 Å². The van der Waals surface area contributed by atoms with Gasteiger partial charge in [-0.2, -0.15) is 0 Å². The summed E-state index contributed by atoms with van der Waals surface area (Å²) in [6.07, 6.45) is 5.05. The lowest BCUT2D eigenvalue weighted by atomic mass is 9.81. The zero-order chi connectivity index (χ0) is 10.3. The number of hydrogen-bond acceptors (Lipinski definition) is 3. The lowest BCUT2D eigenvalue weighted by molar-refractivity contribution is -0.150. The molecule has 0 N–H and O–H groups in total. The Morgan fingerprint density at radius 3 is 2.29 bits per heavy atom. The maximum absolute atomic E-state index is 11.5. The molecule has 0 radical (unpaired) electrons. The second kappa shape index (κ2) is 3.23. The van der Waals surface area contributed by atoms with Crippen molar-refractivity contribution < 1.29 is 14.3 Å². The second-order valence-electron chi connectivity index (χ2n) is 4.13. The van der Waals surface area contributed by atoms with Crippen LogP contribution in [0.15, 0.2) is 12.2 Å². The molecule has 3 heteroatoms. The standard InChI is InChI=1S/C11H14O3/c1-6(12)9-7-3-4-8(5-7)10(9)11(13)14-2/h3-4,7-10H,5H2,1-2H3/t7-,8+,9-,10-/m1/s1. The monoisotopic (exact) mass is 194 g/mol. The third-order valence-corrected chi connectivity index (χ3v) is 3.40. The van der Waals surface area contributed by atoms with E-state index >= 15 is 0 Å². The number of rotatable bonds is 2. The van der Waals surface area contributed by atoms with Gasteiger partial charge in [0.2, 0.25) is 0 Å². The highest BCUT2D eigenvalue weighted by Crippen LogP contribution is 2.48. The predicted molar refractivity (Wildman–Crippen MR) is 50.4 cm³/mol. The van der Waals surface area contributed by atoms with Crippen LogP contribution >= 0.6 is 0 Å². The van der Waals surface area contributed by atoms with Crippen molar-refractivity contribution in [3.8, 4) is 0 Å². The molecule has 2 aliphatic carbocycles. The molecule has 0 unspecified atom stereocenters. The lowest BCUT2D eigenvalue weighted by Gasteiger charge is -2.23. The molecule has 76 valence electrons. The van der Waals surface area contributed by atoms with Gasteiger partial charge in [-0.25, -0.2) is 0 Å². The van der Waals surface area contributed by atoms with Crippen LogP contribution in [0, 0.1) is 23.7 Å². The van der Waals surface area contributed by atoms with Gasteiger partial charge in [-0.15, -0.1) is 0 Å². The van der Waals surface area contributed by atoms with Crippen LogP contribution in [0.2, 0.25) is 0 Å². The van der Waals surface area contributed by atoms with Crippen molar-refractivity contribution in [2.75, 3.05) is 7.11 Å². The summed E-state index contributed by atoms with van der Waals surface area (Å²) in [5, 5.41) is 0. The van der Waals surface area contributed by atoms with E-state index in [0.29, 0.717) is 0 Å². The summed E-state index contributed by atoms with van der Waals surface area (Å²) in [6, 6.07) is 0. The van der Waals surface area contributed by atoms with Gasteiger partial charge in [-0.3, -0.25) is 9.59 Å². The van der Waals surface area contributed by atoms with E-state index in [9.17, 15) is 9.59 Å². The summed E-state index contributed by atoms with van der Waals surface area (Å²) in [7, 11) is 1.38. The van der Waals surface area contributed by atoms with Gasteiger partial charge in [0, 0.05) is 5.92 Å². The molecular formula is C11H14O3. The second-order valence-corrected chi connectivity index (χ2v) is 4.13. The van der Waals surface area contributed by atoms with Crippen molar-refractivity contribution in [3.63, 3.8) is 0 Å². The van der Waals surface area contributed by atoms with E-state index in [1.807, 2.05) is 6.08 Å². The summed E-state index contributed by atoms with van der Waals surface area (Å²) in [6.45, 7) is 1.56. The summed E-state index contributed by atoms with van der Waals surface area (Å²) >= 11 is 0. The number of Topliss-reactive ketones (excluding diaryl/α,β-unsaturated/α-hetero) is 1. The summed E-state index contributed by atoms with van der Waals surface area (Å²) in [4.78, 5) is 22.9. The minimum Gasteiger partial charge on any atom is -0.469 e. The molecule has 1 fully saturated rings. The Morgan fingerprint density at radius 2 is 1.79 bits per heavy atom. The normalized spacial score (nSPS) is 38.7. The van der Waals surface area contributed by atoms with Crippen LogP contribution in [0.4, 0.5) is 0 Å². The molecule has 2 bridgehead atoms. The van der Waals surface area contributed by atoms with Crippen molar-refractivity contribution in [2.45, 2.75) is 13.3 Å². The number of ketones is 1. The molecule has 0 spiro atoms. The molecule has 3 nitrogen and oxygen atoms in total. The molecule has 0 amide bonds. The third kappa shape index (κ3) is 1.19. The van der Waals surface area contributed by atoms with Crippen LogP contribution in [0.1, 0.15) is 13.3 Å². The summed E-state index contributed by atoms with van der Waals surface area (Å²) < 4.78 is 4.74. The lowest BCUT2D eigenvalue weighted by Crippen LogP contribution is -2.32. The fourth-order valence-electron chi connectivity index (χ4n) is 2.83. The summed E-state index contributed by atoms with van der Waals surface area (Å²) in [5.41, 5.74) is 0. The predicted octanol–water partition coefficient (Wildman–Crippen LogP) is 1.19. The quantitative estimate of drug-likeness (QED) is 0.490. The first-order valence-corrected chi connectivity index (χ1v) is 4.91. The van der Waals surface area contributed by atoms with Gasteiger partial charge in [0.25, 0.3) is 0 Å². The Balaban J connectivity index is 2.26. The van der Waals surface area contributed by atoms with Crippen LogP contribution in [0.3, 0.4) is 0 Å². The van der Waals surface area contributed by atoms with Gasteiger partial charge in [-0.1, -0.05) is 12.2 Å². The number of fused-ring (bicyclic) bond motifs is 2. The number of carbonyl (C=O) groups is 2. The third-order valence-electron chi connectivity index (χ3n) is 3.40. The van der Waals surface area contributed by atoms with Crippen LogP contribution in [-0.2, 0) is 14.3 Å². The van der Waals surface area contributed by atoms with Gasteiger partial charge < -0.3 is 4.74 Å². The largest absolute Gasteiger partial charge is 0.469 e. The first-order valence-electron chi connectivity index (χ1n) is 4.91.